The molecule has 17 heteroatoms. The van der Waals surface area contributed by atoms with Crippen LogP contribution in [-0.4, -0.2) is 93.0 Å². The number of hydrogen-bond donors (Lipinski definition) is 6. The van der Waals surface area contributed by atoms with Gasteiger partial charge in [0.2, 0.25) is 0 Å². The fourth-order valence-electron chi connectivity index (χ4n) is 6.49. The smallest absolute Gasteiger partial charge is 0.292 e. The maximum absolute atomic E-state index is 12.7. The number of aromatic nitrogens is 4. The van der Waals surface area contributed by atoms with Crippen molar-refractivity contribution in [3.8, 4) is 23.0 Å². The van der Waals surface area contributed by atoms with E-state index in [1.165, 1.54) is 32.2 Å². The van der Waals surface area contributed by atoms with E-state index in [1.54, 1.807) is 70.2 Å². The Kier molecular flexibility index (Phi) is 16.0. The Morgan fingerprint density at radius 2 is 0.947 bits per heavy atom. The van der Waals surface area contributed by atoms with E-state index >= 15 is 0 Å². The summed E-state index contributed by atoms with van der Waals surface area (Å²) in [6.45, 7) is 5.26. The number of aromatic hydroxyl groups is 4. The highest BCUT2D eigenvalue weighted by Gasteiger charge is 2.20. The molecule has 4 aromatic heterocycles. The zero-order valence-electron chi connectivity index (χ0n) is 33.4. The minimum Gasteiger partial charge on any atom is -0.503 e. The summed E-state index contributed by atoms with van der Waals surface area (Å²) < 4.78 is 5.18. The maximum Gasteiger partial charge on any atom is 0.292 e. The van der Waals surface area contributed by atoms with Gasteiger partial charge in [-0.05, 0) is 83.1 Å². The summed E-state index contributed by atoms with van der Waals surface area (Å²) in [6, 6.07) is 6.12. The van der Waals surface area contributed by atoms with Gasteiger partial charge in [-0.15, -0.1) is 0 Å². The topological polar surface area (TPSA) is 217 Å². The fraction of sp³-hybridized carbons (Fsp3) is 0.475. The molecule has 0 radical (unpaired) electrons. The third kappa shape index (κ3) is 12.0. The van der Waals surface area contributed by atoms with Gasteiger partial charge in [-0.1, -0.05) is 0 Å². The molecule has 0 aliphatic rings. The van der Waals surface area contributed by atoms with Crippen LogP contribution in [0.5, 0.6) is 23.0 Å². The standard InChI is InChI=1S/C40H56N8O9/c1-27(49)32(42-24-29-10-19-44(3)38(55)34(29)51)13-22-48(26-31-12-21-46(5)40(57)36(31)53)16-7-6-15-47(25-30-11-20-45(4)39(56)35(30)52)17-8-14-41-23-28-9-18-43(2)37(54)33(28)50/h9-12,18-21,32,41-42,50-53H,6-8,13-17,22-26H2,1-5H3. The number of aryl methyl sites for hydroxylation is 4. The van der Waals surface area contributed by atoms with Crippen LogP contribution in [0.1, 0.15) is 54.9 Å². The molecule has 0 spiro atoms. The van der Waals surface area contributed by atoms with Gasteiger partial charge in [-0.25, -0.2) is 0 Å². The van der Waals surface area contributed by atoms with Crippen LogP contribution in [-0.2, 0) is 59.2 Å². The Morgan fingerprint density at radius 1 is 0.579 bits per heavy atom. The van der Waals surface area contributed by atoms with Crippen molar-refractivity contribution < 1.29 is 25.2 Å². The van der Waals surface area contributed by atoms with Crippen molar-refractivity contribution in [3.63, 3.8) is 0 Å². The van der Waals surface area contributed by atoms with Crippen molar-refractivity contribution in [1.29, 1.82) is 0 Å². The van der Waals surface area contributed by atoms with E-state index in [1.807, 2.05) is 0 Å². The minimum absolute atomic E-state index is 0.102. The molecular formula is C40H56N8O9. The molecule has 0 fully saturated rings. The fourth-order valence-corrected chi connectivity index (χ4v) is 6.49. The zero-order valence-corrected chi connectivity index (χ0v) is 33.4. The van der Waals surface area contributed by atoms with Crippen LogP contribution >= 0.6 is 0 Å². The van der Waals surface area contributed by atoms with Crippen LogP contribution in [0.25, 0.3) is 0 Å². The average molecular weight is 793 g/mol. The van der Waals surface area contributed by atoms with E-state index in [0.717, 1.165) is 6.42 Å². The lowest BCUT2D eigenvalue weighted by molar-refractivity contribution is -0.119. The number of hydrogen-bond acceptors (Lipinski definition) is 13. The first-order valence-electron chi connectivity index (χ1n) is 19.0. The minimum atomic E-state index is -0.597. The quantitative estimate of drug-likeness (QED) is 0.0606. The van der Waals surface area contributed by atoms with Crippen LogP contribution in [0.4, 0.5) is 0 Å². The maximum atomic E-state index is 12.7. The summed E-state index contributed by atoms with van der Waals surface area (Å²) in [5.74, 6) is -1.44. The molecule has 0 amide bonds. The second-order valence-electron chi connectivity index (χ2n) is 14.5. The van der Waals surface area contributed by atoms with Gasteiger partial charge in [0.15, 0.2) is 23.0 Å². The number of unbranched alkanes of at least 4 members (excludes halogenated alkanes) is 1. The molecule has 6 N–H and O–H groups in total. The summed E-state index contributed by atoms with van der Waals surface area (Å²) in [4.78, 5) is 66.2. The van der Waals surface area contributed by atoms with E-state index < -0.39 is 28.3 Å². The molecule has 1 unspecified atom stereocenters. The van der Waals surface area contributed by atoms with Crippen molar-refractivity contribution in [2.75, 3.05) is 32.7 Å². The Morgan fingerprint density at radius 3 is 1.39 bits per heavy atom. The lowest BCUT2D eigenvalue weighted by Crippen LogP contribution is -2.39. The zero-order chi connectivity index (χ0) is 41.8. The monoisotopic (exact) mass is 792 g/mol. The van der Waals surface area contributed by atoms with Crippen LogP contribution in [0.3, 0.4) is 0 Å². The molecule has 0 aromatic carbocycles. The third-order valence-electron chi connectivity index (χ3n) is 10.2. The molecular weight excluding hydrogens is 736 g/mol. The van der Waals surface area contributed by atoms with Gasteiger partial charge in [0.25, 0.3) is 22.2 Å². The number of nitrogens with one attached hydrogen (secondary N) is 2. The number of carbonyl (C=O) groups is 1. The highest BCUT2D eigenvalue weighted by Crippen LogP contribution is 2.18. The summed E-state index contributed by atoms with van der Waals surface area (Å²) in [5.41, 5.74) is -0.168. The average Bonchev–Trinajstić information content (AvgIpc) is 3.18. The lowest BCUT2D eigenvalue weighted by atomic mass is 10.1. The second-order valence-corrected chi connectivity index (χ2v) is 14.5. The van der Waals surface area contributed by atoms with E-state index in [4.69, 9.17) is 0 Å². The number of carbonyl (C=O) groups excluding carboxylic acids is 1. The molecule has 1 atom stereocenters. The van der Waals surface area contributed by atoms with E-state index in [-0.39, 0.29) is 41.9 Å². The molecule has 0 aliphatic carbocycles. The number of rotatable bonds is 22. The van der Waals surface area contributed by atoms with Gasteiger partial charge in [-0.2, -0.15) is 0 Å². The predicted octanol–water partition coefficient (Wildman–Crippen LogP) is 0.706. The van der Waals surface area contributed by atoms with Crippen molar-refractivity contribution in [2.45, 2.75) is 64.8 Å². The second kappa shape index (κ2) is 20.6. The van der Waals surface area contributed by atoms with E-state index in [2.05, 4.69) is 20.4 Å². The van der Waals surface area contributed by atoms with E-state index in [0.29, 0.717) is 87.3 Å². The molecule has 57 heavy (non-hydrogen) atoms. The van der Waals surface area contributed by atoms with Gasteiger partial charge in [0.05, 0.1) is 6.04 Å². The molecule has 4 heterocycles. The first-order chi connectivity index (χ1) is 27.1. The Hall–Kier alpha value is -5.49. The van der Waals surface area contributed by atoms with Gasteiger partial charge >= 0.3 is 0 Å². The van der Waals surface area contributed by atoms with Crippen molar-refractivity contribution in [1.82, 2.24) is 38.7 Å². The van der Waals surface area contributed by atoms with Gasteiger partial charge in [0, 0.05) is 108 Å². The number of ketones is 1. The molecule has 4 aromatic rings. The molecule has 0 aliphatic heterocycles. The number of Topliss-reactive ketones (excluding diaryl/α,β-unsaturated/α-hetero) is 1. The summed E-state index contributed by atoms with van der Waals surface area (Å²) in [5, 5.41) is 48.3. The summed E-state index contributed by atoms with van der Waals surface area (Å²) in [6.07, 6.45) is 8.85. The third-order valence-corrected chi connectivity index (χ3v) is 10.2. The highest BCUT2D eigenvalue weighted by atomic mass is 16.3. The molecule has 310 valence electrons. The van der Waals surface area contributed by atoms with Gasteiger partial charge in [0.1, 0.15) is 5.78 Å². The van der Waals surface area contributed by atoms with Gasteiger partial charge in [-0.3, -0.25) is 33.8 Å². The van der Waals surface area contributed by atoms with Crippen LogP contribution in [0, 0.1) is 0 Å². The Bertz CT molecular complexity index is 2240. The Labute approximate surface area is 330 Å². The molecule has 0 saturated heterocycles. The first kappa shape index (κ1) is 44.2. The SMILES string of the molecule is CC(=O)C(CCN(CCCCN(CCCNCc1ccn(C)c(=O)c1O)Cc1ccn(C)c(=O)c1O)Cc1ccn(C)c(=O)c1O)NCc1ccn(C)c(=O)c1O. The normalized spacial score (nSPS) is 12.1. The molecule has 0 saturated carbocycles. The molecule has 17 nitrogen and oxygen atoms in total. The molecule has 4 rings (SSSR count). The van der Waals surface area contributed by atoms with Gasteiger partial charge < -0.3 is 49.3 Å². The highest BCUT2D eigenvalue weighted by molar-refractivity contribution is 5.81. The molecule has 0 bridgehead atoms. The van der Waals surface area contributed by atoms with E-state index in [9.17, 15) is 44.4 Å². The number of pyridine rings is 4. The van der Waals surface area contributed by atoms with Crippen LogP contribution in [0.2, 0.25) is 0 Å². The van der Waals surface area contributed by atoms with Crippen LogP contribution in [0.15, 0.2) is 68.2 Å². The van der Waals surface area contributed by atoms with Crippen LogP contribution < -0.4 is 32.9 Å². The lowest BCUT2D eigenvalue weighted by Gasteiger charge is -2.27. The van der Waals surface area contributed by atoms with Crippen molar-refractivity contribution in [3.05, 3.63) is 113 Å². The number of nitrogens with zero attached hydrogens (tertiary/aromatic N) is 6. The largest absolute Gasteiger partial charge is 0.503 e. The first-order valence-corrected chi connectivity index (χ1v) is 19.0. The van der Waals surface area contributed by atoms with Crippen molar-refractivity contribution in [2.24, 2.45) is 28.2 Å². The Balaban J connectivity index is 1.41. The summed E-state index contributed by atoms with van der Waals surface area (Å²) >= 11 is 0. The predicted molar refractivity (Wildman–Crippen MR) is 215 cm³/mol. The summed E-state index contributed by atoms with van der Waals surface area (Å²) in [7, 11) is 6.23. The van der Waals surface area contributed by atoms with Crippen molar-refractivity contribution >= 4 is 5.78 Å².